The molecular weight excluding hydrogens is 431 g/mol. The lowest BCUT2D eigenvalue weighted by Gasteiger charge is -2.12. The van der Waals surface area contributed by atoms with Crippen LogP contribution in [0.2, 0.25) is 0 Å². The quantitative estimate of drug-likeness (QED) is 0.214. The van der Waals surface area contributed by atoms with Gasteiger partial charge in [0.25, 0.3) is 0 Å². The summed E-state index contributed by atoms with van der Waals surface area (Å²) < 4.78 is 20.2. The molecule has 0 saturated heterocycles. The fourth-order valence-electron chi connectivity index (χ4n) is 4.27. The Morgan fingerprint density at radius 3 is 2.09 bits per heavy atom. The van der Waals surface area contributed by atoms with Crippen molar-refractivity contribution in [2.45, 2.75) is 39.0 Å². The van der Waals surface area contributed by atoms with Gasteiger partial charge in [0.05, 0.1) is 6.61 Å². The van der Waals surface area contributed by atoms with Crippen LogP contribution in [-0.2, 0) is 19.3 Å². The van der Waals surface area contributed by atoms with Gasteiger partial charge in [-0.1, -0.05) is 97.9 Å². The molecule has 35 heavy (non-hydrogen) atoms. The van der Waals surface area contributed by atoms with E-state index in [1.54, 1.807) is 6.07 Å². The Kier molecular flexibility index (Phi) is 8.51. The molecule has 0 aromatic heterocycles. The van der Waals surface area contributed by atoms with E-state index in [4.69, 9.17) is 4.74 Å². The van der Waals surface area contributed by atoms with E-state index in [1.807, 2.05) is 55.5 Å². The van der Waals surface area contributed by atoms with Gasteiger partial charge >= 0.3 is 0 Å². The number of ether oxygens (including phenoxy) is 1. The van der Waals surface area contributed by atoms with Gasteiger partial charge in [0.15, 0.2) is 0 Å². The fourth-order valence-corrected chi connectivity index (χ4v) is 4.27. The van der Waals surface area contributed by atoms with E-state index in [0.29, 0.717) is 18.1 Å². The van der Waals surface area contributed by atoms with Crippen LogP contribution < -0.4 is 4.74 Å². The van der Waals surface area contributed by atoms with Gasteiger partial charge in [-0.2, -0.15) is 0 Å². The second-order valence-electron chi connectivity index (χ2n) is 9.02. The molecule has 1 unspecified atom stereocenters. The Balaban J connectivity index is 1.30. The molecule has 0 amide bonds. The van der Waals surface area contributed by atoms with Crippen molar-refractivity contribution in [3.63, 3.8) is 0 Å². The Morgan fingerprint density at radius 2 is 1.40 bits per heavy atom. The first-order valence-electron chi connectivity index (χ1n) is 12.4. The largest absolute Gasteiger partial charge is 0.494 e. The molecule has 2 heteroatoms. The number of rotatable bonds is 10. The van der Waals surface area contributed by atoms with E-state index < -0.39 is 0 Å². The molecule has 4 aromatic rings. The van der Waals surface area contributed by atoms with Crippen LogP contribution in [0.15, 0.2) is 97.1 Å². The molecule has 0 bridgehead atoms. The highest BCUT2D eigenvalue weighted by Gasteiger charge is 2.07. The van der Waals surface area contributed by atoms with Crippen molar-refractivity contribution in [1.29, 1.82) is 0 Å². The van der Waals surface area contributed by atoms with E-state index in [1.165, 1.54) is 16.7 Å². The van der Waals surface area contributed by atoms with E-state index in [0.717, 1.165) is 36.1 Å². The predicted octanol–water partition coefficient (Wildman–Crippen LogP) is 8.53. The number of benzene rings is 4. The Labute approximate surface area is 208 Å². The van der Waals surface area contributed by atoms with Crippen LogP contribution in [0.25, 0.3) is 12.2 Å². The molecule has 0 aliphatic rings. The van der Waals surface area contributed by atoms with Gasteiger partial charge in [-0.05, 0) is 78.1 Å². The van der Waals surface area contributed by atoms with Crippen LogP contribution in [0.1, 0.15) is 53.1 Å². The molecule has 0 aliphatic carbocycles. The molecule has 0 fully saturated rings. The first-order valence-corrected chi connectivity index (χ1v) is 12.4. The van der Waals surface area contributed by atoms with Crippen molar-refractivity contribution in [1.82, 2.24) is 0 Å². The molecule has 1 nitrogen and oxygen atoms in total. The first-order chi connectivity index (χ1) is 17.1. The van der Waals surface area contributed by atoms with E-state index in [2.05, 4.69) is 61.5 Å². The lowest BCUT2D eigenvalue weighted by atomic mass is 9.93. The third kappa shape index (κ3) is 7.16. The van der Waals surface area contributed by atoms with E-state index in [-0.39, 0.29) is 5.82 Å². The van der Waals surface area contributed by atoms with Crippen LogP contribution >= 0.6 is 0 Å². The van der Waals surface area contributed by atoms with Crippen molar-refractivity contribution in [3.8, 4) is 5.75 Å². The summed E-state index contributed by atoms with van der Waals surface area (Å²) >= 11 is 0. The summed E-state index contributed by atoms with van der Waals surface area (Å²) in [4.78, 5) is 0. The SMILES string of the molecule is CCOc1ccc(/C=C/c2ccc(CCc3ccc(CC(C)c4ccccc4)cc3)cc2F)cc1. The predicted molar refractivity (Wildman–Crippen MR) is 145 cm³/mol. The molecule has 1 atom stereocenters. The lowest BCUT2D eigenvalue weighted by Crippen LogP contribution is -1.99. The normalized spacial score (nSPS) is 12.1. The maximum absolute atomic E-state index is 14.7. The molecule has 4 aromatic carbocycles. The summed E-state index contributed by atoms with van der Waals surface area (Å²) in [6.45, 7) is 4.88. The summed E-state index contributed by atoms with van der Waals surface area (Å²) in [6, 6.07) is 32.9. The average Bonchev–Trinajstić information content (AvgIpc) is 2.89. The summed E-state index contributed by atoms with van der Waals surface area (Å²) in [5.41, 5.74) is 6.62. The first kappa shape index (κ1) is 24.5. The van der Waals surface area contributed by atoms with E-state index in [9.17, 15) is 4.39 Å². The Morgan fingerprint density at radius 1 is 0.743 bits per heavy atom. The van der Waals surface area contributed by atoms with Crippen LogP contribution in [0.4, 0.5) is 4.39 Å². The van der Waals surface area contributed by atoms with Crippen LogP contribution in [0.3, 0.4) is 0 Å². The monoisotopic (exact) mass is 464 g/mol. The zero-order valence-corrected chi connectivity index (χ0v) is 20.6. The molecule has 0 radical (unpaired) electrons. The number of halogens is 1. The third-order valence-electron chi connectivity index (χ3n) is 6.35. The number of hydrogen-bond acceptors (Lipinski definition) is 1. The van der Waals surface area contributed by atoms with Crippen molar-refractivity contribution in [2.75, 3.05) is 6.61 Å². The van der Waals surface area contributed by atoms with Gasteiger partial charge in [-0.25, -0.2) is 4.39 Å². The van der Waals surface area contributed by atoms with Gasteiger partial charge in [-0.15, -0.1) is 0 Å². The van der Waals surface area contributed by atoms with Crippen molar-refractivity contribution in [3.05, 3.63) is 136 Å². The van der Waals surface area contributed by atoms with Crippen LogP contribution in [-0.4, -0.2) is 6.61 Å². The van der Waals surface area contributed by atoms with Crippen LogP contribution in [0, 0.1) is 5.82 Å². The smallest absolute Gasteiger partial charge is 0.130 e. The summed E-state index contributed by atoms with van der Waals surface area (Å²) in [5.74, 6) is 1.15. The molecule has 4 rings (SSSR count). The second-order valence-corrected chi connectivity index (χ2v) is 9.02. The minimum Gasteiger partial charge on any atom is -0.494 e. The Bertz CT molecular complexity index is 1220. The van der Waals surface area contributed by atoms with Gasteiger partial charge in [0, 0.05) is 5.56 Å². The van der Waals surface area contributed by atoms with Gasteiger partial charge < -0.3 is 4.74 Å². The zero-order chi connectivity index (χ0) is 24.5. The maximum Gasteiger partial charge on any atom is 0.130 e. The van der Waals surface area contributed by atoms with Gasteiger partial charge in [0.1, 0.15) is 11.6 Å². The van der Waals surface area contributed by atoms with Crippen molar-refractivity contribution >= 4 is 12.2 Å². The molecule has 0 N–H and O–H groups in total. The fraction of sp³-hybridized carbons (Fsp3) is 0.212. The maximum atomic E-state index is 14.7. The summed E-state index contributed by atoms with van der Waals surface area (Å²) in [6.07, 6.45) is 6.49. The van der Waals surface area contributed by atoms with Crippen LogP contribution in [0.5, 0.6) is 5.75 Å². The van der Waals surface area contributed by atoms with Crippen molar-refractivity contribution in [2.24, 2.45) is 0 Å². The van der Waals surface area contributed by atoms with Gasteiger partial charge in [0.2, 0.25) is 0 Å². The summed E-state index contributed by atoms with van der Waals surface area (Å²) in [7, 11) is 0. The number of hydrogen-bond donors (Lipinski definition) is 0. The molecule has 0 saturated carbocycles. The average molecular weight is 465 g/mol. The molecule has 0 aliphatic heterocycles. The minimum absolute atomic E-state index is 0.185. The highest BCUT2D eigenvalue weighted by Crippen LogP contribution is 2.21. The third-order valence-corrected chi connectivity index (χ3v) is 6.35. The molecule has 178 valence electrons. The standard InChI is InChI=1S/C33H33FO/c1-3-35-32-21-17-27(18-22-32)15-19-31-20-16-29(24-33(31)34)14-11-26-9-12-28(13-10-26)23-25(2)30-7-5-4-6-8-30/h4-10,12-13,15-22,24-25H,3,11,14,23H2,1-2H3/b19-15+. The zero-order valence-electron chi connectivity index (χ0n) is 20.6. The molecule has 0 heterocycles. The van der Waals surface area contributed by atoms with E-state index >= 15 is 0 Å². The second kappa shape index (κ2) is 12.2. The highest BCUT2D eigenvalue weighted by molar-refractivity contribution is 5.70. The summed E-state index contributed by atoms with van der Waals surface area (Å²) in [5, 5.41) is 0. The Hall–Kier alpha value is -3.65. The minimum atomic E-state index is -0.185. The number of aryl methyl sites for hydroxylation is 2. The topological polar surface area (TPSA) is 9.23 Å². The molecular formula is C33H33FO. The van der Waals surface area contributed by atoms with Crippen molar-refractivity contribution < 1.29 is 9.13 Å². The molecule has 0 spiro atoms. The lowest BCUT2D eigenvalue weighted by molar-refractivity contribution is 0.340. The highest BCUT2D eigenvalue weighted by atomic mass is 19.1. The van der Waals surface area contributed by atoms with Gasteiger partial charge in [-0.3, -0.25) is 0 Å².